The predicted octanol–water partition coefficient (Wildman–Crippen LogP) is 6.80. The van der Waals surface area contributed by atoms with E-state index in [1.165, 1.54) is 42.1 Å². The highest BCUT2D eigenvalue weighted by Crippen LogP contribution is 2.38. The van der Waals surface area contributed by atoms with Gasteiger partial charge in [0.2, 0.25) is 0 Å². The number of fused-ring (bicyclic) bond motifs is 4. The molecule has 0 spiro atoms. The molecule has 1 aromatic heterocycles. The third-order valence-corrected chi connectivity index (χ3v) is 5.80. The van der Waals surface area contributed by atoms with Crippen molar-refractivity contribution in [2.45, 2.75) is 6.42 Å². The molecule has 0 saturated carbocycles. The zero-order valence-electron chi connectivity index (χ0n) is 13.2. The molecule has 0 aliphatic heterocycles. The summed E-state index contributed by atoms with van der Waals surface area (Å²) in [5, 5.41) is 5.45. The minimum Gasteiger partial charge on any atom is -0.135 e. The maximum atomic E-state index is 2.36. The molecule has 0 radical (unpaired) electrons. The van der Waals surface area contributed by atoms with Crippen LogP contribution in [0.2, 0.25) is 0 Å². The second-order valence-corrected chi connectivity index (χ2v) is 7.33. The van der Waals surface area contributed by atoms with Gasteiger partial charge < -0.3 is 0 Å². The molecule has 0 aliphatic carbocycles. The van der Waals surface area contributed by atoms with Crippen LogP contribution in [0.4, 0.5) is 0 Å². The van der Waals surface area contributed by atoms with Crippen molar-refractivity contribution in [1.82, 2.24) is 0 Å². The SMILES string of the molecule is c1ccc(Cc2cccc3sc4cc5ccccc5cc4c23)cc1. The summed E-state index contributed by atoms with van der Waals surface area (Å²) >= 11 is 1.90. The number of hydrogen-bond donors (Lipinski definition) is 0. The molecule has 0 fully saturated rings. The molecular formula is C23H16S. The number of rotatable bonds is 2. The van der Waals surface area contributed by atoms with Crippen molar-refractivity contribution in [1.29, 1.82) is 0 Å². The highest BCUT2D eigenvalue weighted by atomic mass is 32.1. The van der Waals surface area contributed by atoms with E-state index in [4.69, 9.17) is 0 Å². The average molecular weight is 324 g/mol. The fraction of sp³-hybridized carbons (Fsp3) is 0.0435. The Morgan fingerprint density at radius 3 is 2.21 bits per heavy atom. The zero-order valence-corrected chi connectivity index (χ0v) is 14.0. The molecule has 0 aliphatic rings. The second-order valence-electron chi connectivity index (χ2n) is 6.25. The van der Waals surface area contributed by atoms with Gasteiger partial charge in [-0.05, 0) is 46.5 Å². The summed E-state index contributed by atoms with van der Waals surface area (Å²) < 4.78 is 2.76. The Bertz CT molecular complexity index is 1170. The van der Waals surface area contributed by atoms with Crippen LogP contribution < -0.4 is 0 Å². The fourth-order valence-electron chi connectivity index (χ4n) is 3.55. The van der Waals surface area contributed by atoms with Crippen LogP contribution >= 0.6 is 11.3 Å². The monoisotopic (exact) mass is 324 g/mol. The van der Waals surface area contributed by atoms with Crippen LogP contribution in [0.5, 0.6) is 0 Å². The van der Waals surface area contributed by atoms with Gasteiger partial charge >= 0.3 is 0 Å². The van der Waals surface area contributed by atoms with E-state index in [2.05, 4.69) is 84.9 Å². The summed E-state index contributed by atoms with van der Waals surface area (Å²) in [7, 11) is 0. The lowest BCUT2D eigenvalue weighted by Crippen LogP contribution is -1.88. The lowest BCUT2D eigenvalue weighted by molar-refractivity contribution is 1.22. The van der Waals surface area contributed by atoms with Gasteiger partial charge in [-0.25, -0.2) is 0 Å². The molecule has 0 atom stereocenters. The lowest BCUT2D eigenvalue weighted by atomic mass is 9.98. The first-order chi connectivity index (χ1) is 11.9. The Balaban J connectivity index is 1.79. The zero-order chi connectivity index (χ0) is 15.9. The first-order valence-corrected chi connectivity index (χ1v) is 9.07. The predicted molar refractivity (Wildman–Crippen MR) is 106 cm³/mol. The average Bonchev–Trinajstić information content (AvgIpc) is 2.99. The van der Waals surface area contributed by atoms with E-state index in [0.717, 1.165) is 6.42 Å². The molecule has 5 aromatic rings. The molecule has 114 valence electrons. The molecule has 0 N–H and O–H groups in total. The van der Waals surface area contributed by atoms with Gasteiger partial charge in [-0.15, -0.1) is 11.3 Å². The third kappa shape index (κ3) is 2.21. The molecule has 0 saturated heterocycles. The second kappa shape index (κ2) is 5.47. The van der Waals surface area contributed by atoms with Crippen molar-refractivity contribution in [2.24, 2.45) is 0 Å². The summed E-state index contributed by atoms with van der Waals surface area (Å²) in [5.74, 6) is 0. The van der Waals surface area contributed by atoms with Crippen molar-refractivity contribution < 1.29 is 0 Å². The van der Waals surface area contributed by atoms with Crippen molar-refractivity contribution in [3.05, 3.63) is 96.1 Å². The molecule has 0 amide bonds. The van der Waals surface area contributed by atoms with Crippen LogP contribution in [-0.2, 0) is 6.42 Å². The number of benzene rings is 4. The van der Waals surface area contributed by atoms with Gasteiger partial charge in [0.25, 0.3) is 0 Å². The van der Waals surface area contributed by atoms with Crippen molar-refractivity contribution in [3.63, 3.8) is 0 Å². The topological polar surface area (TPSA) is 0 Å². The third-order valence-electron chi connectivity index (χ3n) is 4.69. The highest BCUT2D eigenvalue weighted by molar-refractivity contribution is 7.25. The highest BCUT2D eigenvalue weighted by Gasteiger charge is 2.10. The maximum absolute atomic E-state index is 2.36. The van der Waals surface area contributed by atoms with Crippen molar-refractivity contribution >= 4 is 42.3 Å². The van der Waals surface area contributed by atoms with Gasteiger partial charge in [0.05, 0.1) is 0 Å². The number of hydrogen-bond acceptors (Lipinski definition) is 1. The quantitative estimate of drug-likeness (QED) is 0.335. The van der Waals surface area contributed by atoms with Gasteiger partial charge in [-0.3, -0.25) is 0 Å². The summed E-state index contributed by atoms with van der Waals surface area (Å²) in [6, 6.07) is 30.8. The Morgan fingerprint density at radius 1 is 0.625 bits per heavy atom. The molecule has 1 heterocycles. The first-order valence-electron chi connectivity index (χ1n) is 8.25. The van der Waals surface area contributed by atoms with E-state index >= 15 is 0 Å². The smallest absolute Gasteiger partial charge is 0.0361 e. The lowest BCUT2D eigenvalue weighted by Gasteiger charge is -2.05. The minimum atomic E-state index is 0.983. The summed E-state index contributed by atoms with van der Waals surface area (Å²) in [5.41, 5.74) is 2.78. The van der Waals surface area contributed by atoms with E-state index in [1.54, 1.807) is 0 Å². The largest absolute Gasteiger partial charge is 0.135 e. The first kappa shape index (κ1) is 13.8. The van der Waals surface area contributed by atoms with Gasteiger partial charge in [-0.2, -0.15) is 0 Å². The van der Waals surface area contributed by atoms with Gasteiger partial charge in [-0.1, -0.05) is 66.7 Å². The van der Waals surface area contributed by atoms with Crippen LogP contribution in [-0.4, -0.2) is 0 Å². The normalized spacial score (nSPS) is 11.5. The fourth-order valence-corrected chi connectivity index (χ4v) is 4.73. The molecule has 0 bridgehead atoms. The van der Waals surface area contributed by atoms with E-state index in [1.807, 2.05) is 11.3 Å². The molecule has 5 rings (SSSR count). The number of thiophene rings is 1. The summed E-state index contributed by atoms with van der Waals surface area (Å²) in [6.07, 6.45) is 0.983. The van der Waals surface area contributed by atoms with Crippen molar-refractivity contribution in [2.75, 3.05) is 0 Å². The van der Waals surface area contributed by atoms with Crippen LogP contribution in [0.3, 0.4) is 0 Å². The standard InChI is InChI=1S/C23H16S/c1-2-7-16(8-3-1)13-19-11-6-12-21-23(19)20-14-17-9-4-5-10-18(17)15-22(20)24-21/h1-12,14-15H,13H2. The Hall–Kier alpha value is -2.64. The maximum Gasteiger partial charge on any atom is 0.0361 e. The minimum absolute atomic E-state index is 0.983. The van der Waals surface area contributed by atoms with E-state index < -0.39 is 0 Å². The van der Waals surface area contributed by atoms with Gasteiger partial charge in [0.1, 0.15) is 0 Å². The molecule has 4 aromatic carbocycles. The van der Waals surface area contributed by atoms with Crippen LogP contribution in [0, 0.1) is 0 Å². The summed E-state index contributed by atoms with van der Waals surface area (Å²) in [4.78, 5) is 0. The molecule has 1 heteroatoms. The van der Waals surface area contributed by atoms with Crippen LogP contribution in [0.25, 0.3) is 30.9 Å². The Labute approximate surface area is 145 Å². The molecular weight excluding hydrogens is 308 g/mol. The molecule has 0 unspecified atom stereocenters. The van der Waals surface area contributed by atoms with E-state index in [0.29, 0.717) is 0 Å². The van der Waals surface area contributed by atoms with E-state index in [-0.39, 0.29) is 0 Å². The van der Waals surface area contributed by atoms with Crippen LogP contribution in [0.1, 0.15) is 11.1 Å². The van der Waals surface area contributed by atoms with Crippen molar-refractivity contribution in [3.8, 4) is 0 Å². The van der Waals surface area contributed by atoms with E-state index in [9.17, 15) is 0 Å². The Kier molecular flexibility index (Phi) is 3.14. The van der Waals surface area contributed by atoms with Gasteiger partial charge in [0.15, 0.2) is 0 Å². The summed E-state index contributed by atoms with van der Waals surface area (Å²) in [6.45, 7) is 0. The molecule has 24 heavy (non-hydrogen) atoms. The van der Waals surface area contributed by atoms with Crippen LogP contribution in [0.15, 0.2) is 84.9 Å². The molecule has 0 nitrogen and oxygen atoms in total. The van der Waals surface area contributed by atoms with Gasteiger partial charge in [0, 0.05) is 20.2 Å². The Morgan fingerprint density at radius 2 is 1.38 bits per heavy atom.